The van der Waals surface area contributed by atoms with E-state index in [0.29, 0.717) is 0 Å². The highest BCUT2D eigenvalue weighted by molar-refractivity contribution is 7.72. The molecule has 9 N–H and O–H groups in total. The highest BCUT2D eigenvalue weighted by Gasteiger charge is 2.58. The van der Waals surface area contributed by atoms with Gasteiger partial charge in [0.05, 0.1) is 0 Å². The quantitative estimate of drug-likeness (QED) is 0.305. The van der Waals surface area contributed by atoms with E-state index in [1.807, 2.05) is 0 Å². The van der Waals surface area contributed by atoms with Gasteiger partial charge in [-0.3, -0.25) is 9.13 Å². The first-order valence-corrected chi connectivity index (χ1v) is 6.82. The van der Waals surface area contributed by atoms with Gasteiger partial charge in [-0.25, -0.2) is 0 Å². The van der Waals surface area contributed by atoms with Crippen molar-refractivity contribution >= 4 is 15.2 Å². The van der Waals surface area contributed by atoms with Gasteiger partial charge >= 0.3 is 15.2 Å². The topological polar surface area (TPSA) is 193 Å². The Balaban J connectivity index is 0. The molecule has 15 heavy (non-hydrogen) atoms. The first-order chi connectivity index (χ1) is 6.06. The highest BCUT2D eigenvalue weighted by Crippen LogP contribution is 2.69. The molecule has 0 rings (SSSR count). The van der Waals surface area contributed by atoms with Crippen LogP contribution < -0.4 is 5.73 Å². The SMILES string of the molecule is NCCCC(O)(P(=O)(O)O)P(=O)(O)O.O. The smallest absolute Gasteiger partial charge is 0.369 e. The molecule has 0 aromatic heterocycles. The summed E-state index contributed by atoms with van der Waals surface area (Å²) in [5, 5.41) is 5.91. The van der Waals surface area contributed by atoms with Gasteiger partial charge in [-0.05, 0) is 13.0 Å². The first kappa shape index (κ1) is 17.6. The Morgan fingerprint density at radius 1 is 1.07 bits per heavy atom. The van der Waals surface area contributed by atoms with Crippen LogP contribution in [0.25, 0.3) is 0 Å². The second kappa shape index (κ2) is 5.49. The molecule has 11 heteroatoms. The van der Waals surface area contributed by atoms with Crippen molar-refractivity contribution in [1.29, 1.82) is 0 Å². The van der Waals surface area contributed by atoms with Crippen molar-refractivity contribution in [1.82, 2.24) is 0 Å². The van der Waals surface area contributed by atoms with Crippen LogP contribution >= 0.6 is 15.2 Å². The summed E-state index contributed by atoms with van der Waals surface area (Å²) in [6.45, 7) is -0.0394. The maximum absolute atomic E-state index is 10.7. The van der Waals surface area contributed by atoms with Gasteiger partial charge in [0.25, 0.3) is 5.08 Å². The van der Waals surface area contributed by atoms with Crippen LogP contribution in [0.3, 0.4) is 0 Å². The monoisotopic (exact) mass is 267 g/mol. The summed E-state index contributed by atoms with van der Waals surface area (Å²) >= 11 is 0. The molecule has 0 atom stereocenters. The second-order valence-corrected chi connectivity index (χ2v) is 6.76. The minimum absolute atomic E-state index is 0. The van der Waals surface area contributed by atoms with E-state index in [0.717, 1.165) is 0 Å². The number of aliphatic hydroxyl groups is 1. The fourth-order valence-electron chi connectivity index (χ4n) is 0.800. The zero-order chi connectivity index (χ0) is 11.6. The predicted molar refractivity (Wildman–Crippen MR) is 50.9 cm³/mol. The molecule has 94 valence electrons. The Morgan fingerprint density at radius 2 is 1.40 bits per heavy atom. The van der Waals surface area contributed by atoms with Gasteiger partial charge in [-0.1, -0.05) is 0 Å². The number of rotatable bonds is 5. The summed E-state index contributed by atoms with van der Waals surface area (Å²) in [7, 11) is -10.6. The molecule has 0 aliphatic heterocycles. The van der Waals surface area contributed by atoms with Crippen LogP contribution in [0.5, 0.6) is 0 Å². The predicted octanol–water partition coefficient (Wildman–Crippen LogP) is -2.10. The number of nitrogens with two attached hydrogens (primary N) is 1. The van der Waals surface area contributed by atoms with Crippen molar-refractivity contribution < 1.29 is 39.3 Å². The third-order valence-electron chi connectivity index (χ3n) is 1.65. The minimum Gasteiger partial charge on any atom is -0.412 e. The van der Waals surface area contributed by atoms with Crippen LogP contribution in [-0.2, 0) is 9.13 Å². The lowest BCUT2D eigenvalue weighted by Gasteiger charge is -2.28. The molecule has 0 aliphatic rings. The molecule has 0 saturated carbocycles. The maximum Gasteiger partial charge on any atom is 0.369 e. The molecular weight excluding hydrogens is 252 g/mol. The third kappa shape index (κ3) is 3.92. The van der Waals surface area contributed by atoms with Crippen molar-refractivity contribution in [2.75, 3.05) is 6.54 Å². The molecule has 0 bridgehead atoms. The molecule has 9 nitrogen and oxygen atoms in total. The second-order valence-electron chi connectivity index (χ2n) is 2.75. The van der Waals surface area contributed by atoms with Crippen molar-refractivity contribution in [3.63, 3.8) is 0 Å². The zero-order valence-electron chi connectivity index (χ0n) is 7.65. The Bertz CT molecular complexity index is 258. The zero-order valence-corrected chi connectivity index (χ0v) is 9.43. The fourth-order valence-corrected chi connectivity index (χ4v) is 3.06. The Morgan fingerprint density at radius 3 is 1.60 bits per heavy atom. The van der Waals surface area contributed by atoms with Gasteiger partial charge in [0, 0.05) is 6.42 Å². The average molecular weight is 267 g/mol. The third-order valence-corrected chi connectivity index (χ3v) is 5.53. The van der Waals surface area contributed by atoms with E-state index >= 15 is 0 Å². The molecule has 0 fully saturated rings. The van der Waals surface area contributed by atoms with Crippen molar-refractivity contribution in [3.05, 3.63) is 0 Å². The van der Waals surface area contributed by atoms with E-state index < -0.39 is 26.7 Å². The van der Waals surface area contributed by atoms with Crippen molar-refractivity contribution in [3.8, 4) is 0 Å². The Labute approximate surface area is 85.6 Å². The molecule has 0 aliphatic carbocycles. The first-order valence-electron chi connectivity index (χ1n) is 3.60. The standard InChI is InChI=1S/C4H13NO7P2.H2O/c5-3-1-2-4(6,13(7,8)9)14(10,11)12;/h6H,1-3,5H2,(H2,7,8,9)(H2,10,11,12);1H2. The molecule has 0 spiro atoms. The van der Waals surface area contributed by atoms with Gasteiger partial charge in [-0.2, -0.15) is 0 Å². The van der Waals surface area contributed by atoms with Crippen LogP contribution in [0.2, 0.25) is 0 Å². The molecule has 0 aromatic rings. The van der Waals surface area contributed by atoms with E-state index in [1.54, 1.807) is 0 Å². The molecule has 0 radical (unpaired) electrons. The van der Waals surface area contributed by atoms with Crippen LogP contribution in [-0.4, -0.2) is 41.8 Å². The van der Waals surface area contributed by atoms with Gasteiger partial charge in [0.2, 0.25) is 0 Å². The van der Waals surface area contributed by atoms with Crippen LogP contribution in [0.1, 0.15) is 12.8 Å². The summed E-state index contributed by atoms with van der Waals surface area (Å²) < 4.78 is 21.4. The fraction of sp³-hybridized carbons (Fsp3) is 1.00. The summed E-state index contributed by atoms with van der Waals surface area (Å²) in [6.07, 6.45) is -0.856. The molecular formula is C4H15NO8P2. The van der Waals surface area contributed by atoms with E-state index in [4.69, 9.17) is 25.3 Å². The van der Waals surface area contributed by atoms with Gasteiger partial charge in [-0.15, -0.1) is 0 Å². The van der Waals surface area contributed by atoms with E-state index in [2.05, 4.69) is 0 Å². The Hall–Kier alpha value is 0.180. The van der Waals surface area contributed by atoms with Crippen LogP contribution in [0.15, 0.2) is 0 Å². The van der Waals surface area contributed by atoms with E-state index in [-0.39, 0.29) is 18.4 Å². The van der Waals surface area contributed by atoms with Crippen molar-refractivity contribution in [2.24, 2.45) is 5.73 Å². The number of hydrogen-bond donors (Lipinski definition) is 6. The summed E-state index contributed by atoms with van der Waals surface area (Å²) in [5.74, 6) is 0. The Kier molecular flexibility index (Phi) is 6.43. The highest BCUT2D eigenvalue weighted by atomic mass is 31.2. The lowest BCUT2D eigenvalue weighted by Crippen LogP contribution is -2.29. The van der Waals surface area contributed by atoms with Crippen LogP contribution in [0, 0.1) is 0 Å². The normalized spacial score (nSPS) is 13.5. The minimum atomic E-state index is -5.30. The average Bonchev–Trinajstić information content (AvgIpc) is 1.95. The summed E-state index contributed by atoms with van der Waals surface area (Å²) in [4.78, 5) is 34.5. The summed E-state index contributed by atoms with van der Waals surface area (Å²) in [6, 6.07) is 0. The van der Waals surface area contributed by atoms with Gasteiger partial charge in [0.15, 0.2) is 0 Å². The van der Waals surface area contributed by atoms with Gasteiger partial charge in [0.1, 0.15) is 0 Å². The summed E-state index contributed by atoms with van der Waals surface area (Å²) in [5.41, 5.74) is 5.01. The van der Waals surface area contributed by atoms with E-state index in [1.165, 1.54) is 0 Å². The molecule has 0 saturated heterocycles. The maximum atomic E-state index is 10.7. The lowest BCUT2D eigenvalue weighted by molar-refractivity contribution is 0.121. The number of hydrogen-bond acceptors (Lipinski definition) is 4. The molecule has 0 aromatic carbocycles. The van der Waals surface area contributed by atoms with Crippen molar-refractivity contribution in [2.45, 2.75) is 17.9 Å². The lowest BCUT2D eigenvalue weighted by atomic mass is 10.3. The van der Waals surface area contributed by atoms with E-state index in [9.17, 15) is 14.2 Å². The largest absolute Gasteiger partial charge is 0.412 e. The molecule has 0 heterocycles. The van der Waals surface area contributed by atoms with Gasteiger partial charge < -0.3 is 35.9 Å². The van der Waals surface area contributed by atoms with Crippen LogP contribution in [0.4, 0.5) is 0 Å². The molecule has 0 amide bonds. The molecule has 0 unspecified atom stereocenters.